The number of esters is 1. The number of aromatic hydroxyl groups is 2. The van der Waals surface area contributed by atoms with Gasteiger partial charge in [0.25, 0.3) is 11.7 Å². The van der Waals surface area contributed by atoms with Gasteiger partial charge < -0.3 is 53.7 Å². The largest absolute Gasteiger partial charge is 0.508 e. The van der Waals surface area contributed by atoms with Crippen LogP contribution in [0.1, 0.15) is 128 Å². The van der Waals surface area contributed by atoms with Gasteiger partial charge in [0.15, 0.2) is 5.78 Å². The summed E-state index contributed by atoms with van der Waals surface area (Å²) in [4.78, 5) is 71.4. The van der Waals surface area contributed by atoms with Crippen molar-refractivity contribution < 1.29 is 72.8 Å². The summed E-state index contributed by atoms with van der Waals surface area (Å²) in [5.41, 5.74) is 1.95. The van der Waals surface area contributed by atoms with E-state index in [-0.39, 0.29) is 72.7 Å². The van der Waals surface area contributed by atoms with Gasteiger partial charge in [0.1, 0.15) is 42.1 Å². The zero-order valence-corrected chi connectivity index (χ0v) is 41.7. The summed E-state index contributed by atoms with van der Waals surface area (Å²) in [6, 6.07) is 1.40. The molecule has 1 aromatic rings. The number of hydrogen-bond donors (Lipinski definition) is 4. The number of Topliss-reactive ketones (excluding diaryl/α,β-unsaturated/α-hetero) is 3. The van der Waals surface area contributed by atoms with Gasteiger partial charge in [0.05, 0.1) is 30.5 Å². The lowest BCUT2D eigenvalue weighted by Gasteiger charge is -2.47. The Morgan fingerprint density at radius 3 is 2.16 bits per heavy atom. The average molecular weight is 956 g/mol. The Balaban J connectivity index is 1.44. The highest BCUT2D eigenvalue weighted by molar-refractivity contribution is 6.39. The molecule has 4 N–H and O–H groups in total. The minimum absolute atomic E-state index is 0.00430. The van der Waals surface area contributed by atoms with Crippen molar-refractivity contribution in [1.82, 2.24) is 4.90 Å². The summed E-state index contributed by atoms with van der Waals surface area (Å²) < 4.78 is 36.3. The second-order valence-corrected chi connectivity index (χ2v) is 20.0. The number of ketones is 3. The fraction of sp³-hybridized carbons (Fsp3) is 0.712. The molecule has 1 amide bonds. The second kappa shape index (κ2) is 24.2. The van der Waals surface area contributed by atoms with Crippen molar-refractivity contribution in [3.63, 3.8) is 0 Å². The number of benzene rings is 1. The van der Waals surface area contributed by atoms with E-state index in [0.717, 1.165) is 5.57 Å². The zero-order valence-electron chi connectivity index (χ0n) is 41.7. The molecule has 2 bridgehead atoms. The molecule has 1 saturated carbocycles. The van der Waals surface area contributed by atoms with Crippen LogP contribution in [0.15, 0.2) is 35.4 Å². The summed E-state index contributed by atoms with van der Waals surface area (Å²) in [5.74, 6) is -8.79. The van der Waals surface area contributed by atoms with E-state index in [1.54, 1.807) is 27.9 Å². The minimum Gasteiger partial charge on any atom is -0.508 e. The molecule has 3 aliphatic heterocycles. The Morgan fingerprint density at radius 1 is 0.882 bits per heavy atom. The SMILES string of the molecule is CCC1C=C(C)CC(C)CC(OC)C2OC(O)(C(=O)C(=O)N3CCCCC3C(=O)OC(C(C)=CC3CCC(OCC(=O)c4cc(O)c(C)c(O)c4)C(OC)C3)C(C)C(O)CC1=O)C(C)CC2OC. The number of fused-ring (bicyclic) bond motifs is 3. The zero-order chi connectivity index (χ0) is 50.2. The van der Waals surface area contributed by atoms with E-state index >= 15 is 0 Å². The van der Waals surface area contributed by atoms with E-state index in [0.29, 0.717) is 56.9 Å². The number of nitrogens with zero attached hydrogens (tertiary/aromatic N) is 1. The van der Waals surface area contributed by atoms with Crippen LogP contribution in [-0.2, 0) is 47.6 Å². The number of piperidine rings is 1. The monoisotopic (exact) mass is 956 g/mol. The molecule has 14 unspecified atom stereocenters. The molecule has 14 atom stereocenters. The Kier molecular flexibility index (Phi) is 19.5. The number of phenols is 2. The van der Waals surface area contributed by atoms with Crippen LogP contribution >= 0.6 is 0 Å². The van der Waals surface area contributed by atoms with E-state index in [1.165, 1.54) is 38.2 Å². The van der Waals surface area contributed by atoms with Crippen LogP contribution in [0.5, 0.6) is 11.5 Å². The third kappa shape index (κ3) is 12.8. The van der Waals surface area contributed by atoms with E-state index < -0.39 is 95.8 Å². The first-order chi connectivity index (χ1) is 32.2. The van der Waals surface area contributed by atoms with Crippen molar-refractivity contribution in [3.05, 3.63) is 46.6 Å². The number of ether oxygens (including phenoxy) is 6. The van der Waals surface area contributed by atoms with Crippen molar-refractivity contribution in [2.45, 2.75) is 174 Å². The summed E-state index contributed by atoms with van der Waals surface area (Å²) >= 11 is 0. The normalized spacial score (nSPS) is 35.5. The molecular formula is C52H77NO15. The lowest BCUT2D eigenvalue weighted by Crippen LogP contribution is -2.64. The van der Waals surface area contributed by atoms with Crippen molar-refractivity contribution >= 4 is 29.2 Å². The van der Waals surface area contributed by atoms with Gasteiger partial charge in [-0.3, -0.25) is 19.2 Å². The van der Waals surface area contributed by atoms with Gasteiger partial charge in [-0.15, -0.1) is 0 Å². The Morgan fingerprint density at radius 2 is 1.53 bits per heavy atom. The topological polar surface area (TPSA) is 225 Å². The van der Waals surface area contributed by atoms with E-state index in [2.05, 4.69) is 0 Å². The molecule has 380 valence electrons. The van der Waals surface area contributed by atoms with Crippen LogP contribution in [0.4, 0.5) is 0 Å². The van der Waals surface area contributed by atoms with Crippen LogP contribution in [0, 0.1) is 36.5 Å². The smallest absolute Gasteiger partial charge is 0.329 e. The van der Waals surface area contributed by atoms with Crippen LogP contribution < -0.4 is 0 Å². The van der Waals surface area contributed by atoms with Gasteiger partial charge >= 0.3 is 5.97 Å². The number of methoxy groups -OCH3 is 3. The molecule has 1 aliphatic carbocycles. The van der Waals surface area contributed by atoms with Crippen molar-refractivity contribution in [2.24, 2.45) is 29.6 Å². The number of rotatable bonds is 10. The maximum Gasteiger partial charge on any atom is 0.329 e. The molecule has 68 heavy (non-hydrogen) atoms. The number of amides is 1. The summed E-state index contributed by atoms with van der Waals surface area (Å²) in [6.07, 6.45) is 3.03. The minimum atomic E-state index is -2.54. The number of allylic oxidation sites excluding steroid dienone is 3. The fourth-order valence-electron chi connectivity index (χ4n) is 10.7. The first kappa shape index (κ1) is 54.9. The third-order valence-corrected chi connectivity index (χ3v) is 15.0. The highest BCUT2D eigenvalue weighted by Crippen LogP contribution is 2.40. The highest BCUT2D eigenvalue weighted by Gasteiger charge is 2.56. The van der Waals surface area contributed by atoms with Gasteiger partial charge in [0.2, 0.25) is 5.79 Å². The third-order valence-electron chi connectivity index (χ3n) is 15.0. The van der Waals surface area contributed by atoms with Crippen molar-refractivity contribution in [3.8, 4) is 11.5 Å². The lowest BCUT2D eigenvalue weighted by atomic mass is 9.81. The molecule has 16 heteroatoms. The molecule has 1 aromatic carbocycles. The molecule has 16 nitrogen and oxygen atoms in total. The molecule has 3 heterocycles. The van der Waals surface area contributed by atoms with E-state index in [4.69, 9.17) is 28.4 Å². The number of carbonyl (C=O) groups is 5. The molecular weight excluding hydrogens is 879 g/mol. The lowest BCUT2D eigenvalue weighted by molar-refractivity contribution is -0.302. The number of cyclic esters (lactones) is 1. The molecule has 0 radical (unpaired) electrons. The molecule has 4 aliphatic rings. The predicted molar refractivity (Wildman–Crippen MR) is 251 cm³/mol. The molecule has 0 spiro atoms. The van der Waals surface area contributed by atoms with Gasteiger partial charge in [-0.05, 0) is 115 Å². The predicted octanol–water partition coefficient (Wildman–Crippen LogP) is 6.10. The molecule has 3 fully saturated rings. The van der Waals surface area contributed by atoms with Gasteiger partial charge in [-0.2, -0.15) is 0 Å². The first-order valence-electron chi connectivity index (χ1n) is 24.5. The highest BCUT2D eigenvalue weighted by atomic mass is 16.7. The summed E-state index contributed by atoms with van der Waals surface area (Å²) in [6.45, 7) is 12.3. The number of carbonyl (C=O) groups excluding carboxylic acids is 5. The van der Waals surface area contributed by atoms with Gasteiger partial charge in [-0.1, -0.05) is 45.4 Å². The Hall–Kier alpha value is -4.03. The number of aliphatic hydroxyl groups excluding tert-OH is 1. The van der Waals surface area contributed by atoms with Crippen LogP contribution in [0.25, 0.3) is 0 Å². The van der Waals surface area contributed by atoms with Crippen LogP contribution in [-0.4, -0.2) is 144 Å². The quantitative estimate of drug-likeness (QED) is 0.0900. The summed E-state index contributed by atoms with van der Waals surface area (Å²) in [5, 5.41) is 44.2. The summed E-state index contributed by atoms with van der Waals surface area (Å²) in [7, 11) is 4.60. The Bertz CT molecular complexity index is 1990. The number of aliphatic hydroxyl groups is 2. The molecule has 0 aromatic heterocycles. The molecule has 5 rings (SSSR count). The van der Waals surface area contributed by atoms with Crippen molar-refractivity contribution in [1.29, 1.82) is 0 Å². The second-order valence-electron chi connectivity index (χ2n) is 20.0. The van der Waals surface area contributed by atoms with E-state index in [9.17, 15) is 44.4 Å². The maximum atomic E-state index is 14.5. The average Bonchev–Trinajstić information content (AvgIpc) is 3.31. The number of hydrogen-bond acceptors (Lipinski definition) is 15. The maximum absolute atomic E-state index is 14.5. The van der Waals surface area contributed by atoms with Gasteiger partial charge in [0, 0.05) is 63.2 Å². The number of phenolic OH excluding ortho intramolecular Hbond substituents is 2. The van der Waals surface area contributed by atoms with E-state index in [1.807, 2.05) is 32.9 Å². The van der Waals surface area contributed by atoms with Crippen LogP contribution in [0.3, 0.4) is 0 Å². The standard InChI is InChI=1S/C52H77NO15/c1-11-35-19-28(2)18-29(3)20-45(64-9)48-46(65-10)22-31(5)52(62,68-48)49(59)50(60)53-17-13-12-14-37(53)51(61)67-47(33(7)40(56)26-41(35)57)30(4)21-34-15-16-43(44(23-34)63-8)66-27-42(58)36-24-38(54)32(6)39(55)25-36/h19,21,24-25,29,31,33-35,37,40,43-48,54-56,62H,11-18,20,22-23,26-27H2,1-10H3. The first-order valence-corrected chi connectivity index (χ1v) is 24.5. The van der Waals surface area contributed by atoms with Gasteiger partial charge in [-0.25, -0.2) is 4.79 Å². The van der Waals surface area contributed by atoms with Crippen LogP contribution in [0.2, 0.25) is 0 Å². The van der Waals surface area contributed by atoms with Crippen molar-refractivity contribution in [2.75, 3.05) is 34.5 Å². The fourth-order valence-corrected chi connectivity index (χ4v) is 10.7. The Labute approximate surface area is 401 Å². The molecule has 2 saturated heterocycles.